The number of halogens is 1. The lowest BCUT2D eigenvalue weighted by Gasteiger charge is -2.37. The van der Waals surface area contributed by atoms with Gasteiger partial charge in [-0.3, -0.25) is 0 Å². The molecule has 1 aliphatic rings. The standard InChI is InChI=1S/C9H11ClN2O/c10-8-3-1-2-7(12-8)4-9(13)5-11-6-9/h1-3,11,13H,4-6H2. The smallest absolute Gasteiger partial charge is 0.129 e. The van der Waals surface area contributed by atoms with E-state index in [2.05, 4.69) is 10.3 Å². The number of pyridine rings is 1. The Morgan fingerprint density at radius 3 is 2.85 bits per heavy atom. The Morgan fingerprint density at radius 2 is 2.31 bits per heavy atom. The zero-order chi connectivity index (χ0) is 9.31. The molecule has 1 saturated heterocycles. The monoisotopic (exact) mass is 198 g/mol. The van der Waals surface area contributed by atoms with E-state index in [1.165, 1.54) is 0 Å². The molecule has 2 rings (SSSR count). The van der Waals surface area contributed by atoms with E-state index in [0.717, 1.165) is 5.69 Å². The van der Waals surface area contributed by atoms with Gasteiger partial charge in [-0.1, -0.05) is 17.7 Å². The van der Waals surface area contributed by atoms with Gasteiger partial charge in [0.15, 0.2) is 0 Å². The molecular formula is C9H11ClN2O. The van der Waals surface area contributed by atoms with Crippen molar-refractivity contribution in [1.82, 2.24) is 10.3 Å². The van der Waals surface area contributed by atoms with Gasteiger partial charge in [-0.25, -0.2) is 4.98 Å². The normalized spacial score (nSPS) is 19.5. The van der Waals surface area contributed by atoms with Crippen LogP contribution in [-0.4, -0.2) is 28.8 Å². The lowest BCUT2D eigenvalue weighted by atomic mass is 9.91. The van der Waals surface area contributed by atoms with Crippen LogP contribution in [0.15, 0.2) is 18.2 Å². The van der Waals surface area contributed by atoms with Crippen molar-refractivity contribution in [2.75, 3.05) is 13.1 Å². The van der Waals surface area contributed by atoms with Gasteiger partial charge < -0.3 is 10.4 Å². The van der Waals surface area contributed by atoms with Gasteiger partial charge in [0.2, 0.25) is 0 Å². The van der Waals surface area contributed by atoms with Gasteiger partial charge in [0.05, 0.1) is 5.60 Å². The van der Waals surface area contributed by atoms with Crippen LogP contribution in [0.25, 0.3) is 0 Å². The molecule has 2 N–H and O–H groups in total. The molecule has 70 valence electrons. The fourth-order valence-electron chi connectivity index (χ4n) is 1.42. The Hall–Kier alpha value is -0.640. The first kappa shape index (κ1) is 8.94. The third kappa shape index (κ3) is 1.99. The summed E-state index contributed by atoms with van der Waals surface area (Å²) < 4.78 is 0. The predicted octanol–water partition coefficient (Wildman–Crippen LogP) is 0.612. The fourth-order valence-corrected chi connectivity index (χ4v) is 1.61. The molecule has 2 heterocycles. The lowest BCUT2D eigenvalue weighted by Crippen LogP contribution is -2.60. The molecule has 4 heteroatoms. The van der Waals surface area contributed by atoms with Crippen LogP contribution >= 0.6 is 11.6 Å². The Morgan fingerprint density at radius 1 is 1.54 bits per heavy atom. The van der Waals surface area contributed by atoms with Gasteiger partial charge in [0, 0.05) is 25.2 Å². The minimum atomic E-state index is -0.613. The number of aromatic nitrogens is 1. The first-order valence-electron chi connectivity index (χ1n) is 4.23. The zero-order valence-corrected chi connectivity index (χ0v) is 7.88. The predicted molar refractivity (Wildman–Crippen MR) is 50.8 cm³/mol. The van der Waals surface area contributed by atoms with Crippen molar-refractivity contribution in [3.05, 3.63) is 29.0 Å². The fraction of sp³-hybridized carbons (Fsp3) is 0.444. The molecule has 0 aromatic carbocycles. The average molecular weight is 199 g/mol. The molecule has 1 aromatic rings. The van der Waals surface area contributed by atoms with Crippen LogP contribution in [-0.2, 0) is 6.42 Å². The highest BCUT2D eigenvalue weighted by Crippen LogP contribution is 2.17. The third-order valence-corrected chi connectivity index (χ3v) is 2.40. The van der Waals surface area contributed by atoms with Crippen molar-refractivity contribution in [1.29, 1.82) is 0 Å². The summed E-state index contributed by atoms with van der Waals surface area (Å²) in [6.45, 7) is 1.28. The third-order valence-electron chi connectivity index (χ3n) is 2.19. The first-order chi connectivity index (χ1) is 6.18. The van der Waals surface area contributed by atoms with E-state index in [9.17, 15) is 5.11 Å². The molecule has 0 amide bonds. The molecule has 13 heavy (non-hydrogen) atoms. The molecule has 0 unspecified atom stereocenters. The molecule has 1 aliphatic heterocycles. The highest BCUT2D eigenvalue weighted by molar-refractivity contribution is 6.29. The van der Waals surface area contributed by atoms with E-state index in [0.29, 0.717) is 24.7 Å². The van der Waals surface area contributed by atoms with Gasteiger partial charge in [0.1, 0.15) is 5.15 Å². The lowest BCUT2D eigenvalue weighted by molar-refractivity contribution is -0.00980. The van der Waals surface area contributed by atoms with E-state index < -0.39 is 5.60 Å². The molecule has 3 nitrogen and oxygen atoms in total. The summed E-state index contributed by atoms with van der Waals surface area (Å²) in [5.74, 6) is 0. The van der Waals surface area contributed by atoms with E-state index in [1.807, 2.05) is 12.1 Å². The molecule has 0 spiro atoms. The number of hydrogen-bond donors (Lipinski definition) is 2. The average Bonchev–Trinajstić information content (AvgIpc) is 2.01. The topological polar surface area (TPSA) is 45.2 Å². The maximum Gasteiger partial charge on any atom is 0.129 e. The molecule has 1 aromatic heterocycles. The van der Waals surface area contributed by atoms with E-state index in [4.69, 9.17) is 11.6 Å². The van der Waals surface area contributed by atoms with E-state index in [1.54, 1.807) is 6.07 Å². The minimum absolute atomic E-state index is 0.480. The quantitative estimate of drug-likeness (QED) is 0.685. The number of aliphatic hydroxyl groups is 1. The van der Waals surface area contributed by atoms with Gasteiger partial charge >= 0.3 is 0 Å². The van der Waals surface area contributed by atoms with Crippen molar-refractivity contribution in [2.45, 2.75) is 12.0 Å². The molecule has 0 atom stereocenters. The minimum Gasteiger partial charge on any atom is -0.387 e. The summed E-state index contributed by atoms with van der Waals surface area (Å²) in [5, 5.41) is 13.3. The Bertz CT molecular complexity index is 312. The van der Waals surface area contributed by atoms with Crippen molar-refractivity contribution >= 4 is 11.6 Å². The number of β-amino-alcohol motifs (C(OH)–C–C–N with tert-alkyl or cyclic N) is 1. The highest BCUT2D eigenvalue weighted by atomic mass is 35.5. The largest absolute Gasteiger partial charge is 0.387 e. The Kier molecular flexibility index (Phi) is 2.24. The van der Waals surface area contributed by atoms with Gasteiger partial charge in [0.25, 0.3) is 0 Å². The second kappa shape index (κ2) is 3.25. The summed E-state index contributed by atoms with van der Waals surface area (Å²) in [5.41, 5.74) is 0.231. The zero-order valence-electron chi connectivity index (χ0n) is 7.13. The number of nitrogens with one attached hydrogen (secondary N) is 1. The Balaban J connectivity index is 2.09. The molecule has 0 saturated carbocycles. The maximum atomic E-state index is 9.81. The van der Waals surface area contributed by atoms with Crippen LogP contribution in [0, 0.1) is 0 Å². The Labute approximate surface area is 81.8 Å². The number of hydrogen-bond acceptors (Lipinski definition) is 3. The maximum absolute atomic E-state index is 9.81. The molecule has 0 bridgehead atoms. The van der Waals surface area contributed by atoms with Crippen molar-refractivity contribution in [2.24, 2.45) is 0 Å². The van der Waals surface area contributed by atoms with E-state index in [-0.39, 0.29) is 0 Å². The molecule has 0 aliphatic carbocycles. The van der Waals surface area contributed by atoms with Crippen LogP contribution in [0.5, 0.6) is 0 Å². The summed E-state index contributed by atoms with van der Waals surface area (Å²) in [4.78, 5) is 4.12. The molecule has 1 fully saturated rings. The number of nitrogens with zero attached hydrogens (tertiary/aromatic N) is 1. The first-order valence-corrected chi connectivity index (χ1v) is 4.60. The van der Waals surface area contributed by atoms with Crippen molar-refractivity contribution < 1.29 is 5.11 Å². The second-order valence-electron chi connectivity index (χ2n) is 3.46. The van der Waals surface area contributed by atoms with Crippen molar-refractivity contribution in [3.63, 3.8) is 0 Å². The number of rotatable bonds is 2. The summed E-state index contributed by atoms with van der Waals surface area (Å²) in [6.07, 6.45) is 0.570. The van der Waals surface area contributed by atoms with Gasteiger partial charge in [-0.05, 0) is 12.1 Å². The molecule has 0 radical (unpaired) electrons. The van der Waals surface area contributed by atoms with Gasteiger partial charge in [-0.2, -0.15) is 0 Å². The van der Waals surface area contributed by atoms with Crippen molar-refractivity contribution in [3.8, 4) is 0 Å². The van der Waals surface area contributed by atoms with Crippen LogP contribution < -0.4 is 5.32 Å². The summed E-state index contributed by atoms with van der Waals surface area (Å²) in [7, 11) is 0. The summed E-state index contributed by atoms with van der Waals surface area (Å²) in [6, 6.07) is 5.45. The SMILES string of the molecule is OC1(Cc2cccc(Cl)n2)CNC1. The summed E-state index contributed by atoms with van der Waals surface area (Å²) >= 11 is 5.73. The second-order valence-corrected chi connectivity index (χ2v) is 3.84. The van der Waals surface area contributed by atoms with Crippen LogP contribution in [0.4, 0.5) is 0 Å². The highest BCUT2D eigenvalue weighted by Gasteiger charge is 2.34. The molecular weight excluding hydrogens is 188 g/mol. The van der Waals surface area contributed by atoms with Crippen LogP contribution in [0.3, 0.4) is 0 Å². The van der Waals surface area contributed by atoms with Crippen LogP contribution in [0.2, 0.25) is 5.15 Å². The van der Waals surface area contributed by atoms with Crippen LogP contribution in [0.1, 0.15) is 5.69 Å². The van der Waals surface area contributed by atoms with Gasteiger partial charge in [-0.15, -0.1) is 0 Å². The van der Waals surface area contributed by atoms with E-state index >= 15 is 0 Å².